The van der Waals surface area contributed by atoms with Crippen LogP contribution in [0.25, 0.3) is 10.9 Å². The van der Waals surface area contributed by atoms with Gasteiger partial charge in [0, 0.05) is 34.5 Å². The van der Waals surface area contributed by atoms with Gasteiger partial charge >= 0.3 is 0 Å². The monoisotopic (exact) mass is 488 g/mol. The molecule has 32 heavy (non-hydrogen) atoms. The van der Waals surface area contributed by atoms with Gasteiger partial charge in [0.05, 0.1) is 28.3 Å². The van der Waals surface area contributed by atoms with Crippen LogP contribution in [0.2, 0.25) is 5.02 Å². The number of amides is 1. The molecule has 3 N–H and O–H groups in total. The predicted octanol–water partition coefficient (Wildman–Crippen LogP) is 3.47. The second kappa shape index (κ2) is 8.46. The van der Waals surface area contributed by atoms with Crippen molar-refractivity contribution in [2.45, 2.75) is 17.7 Å². The summed E-state index contributed by atoms with van der Waals surface area (Å²) in [5.41, 5.74) is 3.30. The Hall–Kier alpha value is -2.49. The molecule has 7 nitrogen and oxygen atoms in total. The van der Waals surface area contributed by atoms with Gasteiger partial charge in [0.2, 0.25) is 0 Å². The van der Waals surface area contributed by atoms with Gasteiger partial charge in [-0.3, -0.25) is 9.79 Å². The molecule has 2 atom stereocenters. The van der Waals surface area contributed by atoms with E-state index in [-0.39, 0.29) is 28.7 Å². The zero-order chi connectivity index (χ0) is 22.3. The molecule has 1 fully saturated rings. The number of rotatable bonds is 5. The lowest BCUT2D eigenvalue weighted by atomic mass is 10.1. The fourth-order valence-electron chi connectivity index (χ4n) is 4.04. The standard InChI is InChI=1S/C22H21ClN4O3S2/c23-16-6-5-13(9-18(16)26-22-27-19-11-32(29,30)12-20(19)31-22)21(28)24-8-7-14-10-25-17-4-2-1-3-15(14)17/h1-6,9-10,19-20,25H,7-8,11-12H2,(H,24,28)(H,26,27). The van der Waals surface area contributed by atoms with Crippen LogP contribution in [0, 0.1) is 0 Å². The number of benzene rings is 2. The van der Waals surface area contributed by atoms with E-state index in [1.807, 2.05) is 24.4 Å². The Bertz CT molecular complexity index is 1340. The number of nitrogens with one attached hydrogen (secondary N) is 3. The molecule has 5 rings (SSSR count). The van der Waals surface area contributed by atoms with E-state index < -0.39 is 9.84 Å². The van der Waals surface area contributed by atoms with Crippen LogP contribution in [0.1, 0.15) is 15.9 Å². The molecule has 2 aliphatic rings. The number of carbonyl (C=O) groups excluding carboxylic acids is 1. The molecule has 2 aromatic carbocycles. The van der Waals surface area contributed by atoms with E-state index in [0.29, 0.717) is 34.4 Å². The lowest BCUT2D eigenvalue weighted by Gasteiger charge is -2.11. The van der Waals surface area contributed by atoms with Gasteiger partial charge in [-0.25, -0.2) is 8.42 Å². The number of anilines is 1. The number of amidine groups is 1. The summed E-state index contributed by atoms with van der Waals surface area (Å²) >= 11 is 7.73. The van der Waals surface area contributed by atoms with Crippen LogP contribution < -0.4 is 10.6 Å². The van der Waals surface area contributed by atoms with Crippen LogP contribution in [0.15, 0.2) is 53.7 Å². The molecule has 0 bridgehead atoms. The Morgan fingerprint density at radius 1 is 1.22 bits per heavy atom. The molecule has 10 heteroatoms. The largest absolute Gasteiger partial charge is 0.361 e. The first-order chi connectivity index (χ1) is 15.4. The molecule has 0 saturated carbocycles. The number of para-hydroxylation sites is 1. The molecule has 0 aliphatic carbocycles. The molecule has 1 amide bonds. The summed E-state index contributed by atoms with van der Waals surface area (Å²) in [5.74, 6) is 0.0417. The van der Waals surface area contributed by atoms with Gasteiger partial charge in [-0.1, -0.05) is 41.6 Å². The number of H-pyrrole nitrogens is 1. The molecule has 166 valence electrons. The number of aliphatic imine (C=N–C) groups is 1. The van der Waals surface area contributed by atoms with Gasteiger partial charge in [-0.2, -0.15) is 0 Å². The average Bonchev–Trinajstić information content (AvgIpc) is 3.40. The van der Waals surface area contributed by atoms with Crippen LogP contribution in [0.3, 0.4) is 0 Å². The number of fused-ring (bicyclic) bond motifs is 2. The van der Waals surface area contributed by atoms with Crippen molar-refractivity contribution in [3.63, 3.8) is 0 Å². The maximum Gasteiger partial charge on any atom is 0.251 e. The van der Waals surface area contributed by atoms with E-state index in [1.54, 1.807) is 18.2 Å². The summed E-state index contributed by atoms with van der Waals surface area (Å²) in [5, 5.41) is 8.32. The zero-order valence-electron chi connectivity index (χ0n) is 17.0. The highest BCUT2D eigenvalue weighted by Gasteiger charge is 2.42. The third-order valence-electron chi connectivity index (χ3n) is 5.64. The summed E-state index contributed by atoms with van der Waals surface area (Å²) < 4.78 is 23.5. The van der Waals surface area contributed by atoms with Crippen molar-refractivity contribution in [2.75, 3.05) is 23.4 Å². The highest BCUT2D eigenvalue weighted by Crippen LogP contribution is 2.35. The highest BCUT2D eigenvalue weighted by atomic mass is 35.5. The van der Waals surface area contributed by atoms with Crippen LogP contribution in [0.4, 0.5) is 5.69 Å². The SMILES string of the molecule is O=C(NCCc1c[nH]c2ccccc12)c1ccc(Cl)c(NC2=NC3CS(=O)(=O)CC3S2)c1. The Kier molecular flexibility index (Phi) is 5.65. The van der Waals surface area contributed by atoms with E-state index in [2.05, 4.69) is 26.7 Å². The van der Waals surface area contributed by atoms with Gasteiger partial charge in [0.25, 0.3) is 5.91 Å². The first-order valence-electron chi connectivity index (χ1n) is 10.2. The quantitative estimate of drug-likeness (QED) is 0.510. The van der Waals surface area contributed by atoms with E-state index in [0.717, 1.165) is 16.5 Å². The van der Waals surface area contributed by atoms with E-state index in [9.17, 15) is 13.2 Å². The Morgan fingerprint density at radius 2 is 2.06 bits per heavy atom. The number of hydrogen-bond acceptors (Lipinski definition) is 6. The zero-order valence-corrected chi connectivity index (χ0v) is 19.4. The summed E-state index contributed by atoms with van der Waals surface area (Å²) in [7, 11) is -3.00. The predicted molar refractivity (Wildman–Crippen MR) is 131 cm³/mol. The molecule has 0 spiro atoms. The van der Waals surface area contributed by atoms with Crippen molar-refractivity contribution in [3.8, 4) is 0 Å². The third kappa shape index (κ3) is 4.37. The van der Waals surface area contributed by atoms with Gasteiger partial charge in [-0.15, -0.1) is 0 Å². The normalized spacial score (nSPS) is 21.3. The molecular formula is C22H21ClN4O3S2. The third-order valence-corrected chi connectivity index (χ3v) is 9.11. The minimum atomic E-state index is -3.00. The number of hydrogen-bond donors (Lipinski definition) is 3. The summed E-state index contributed by atoms with van der Waals surface area (Å²) in [4.78, 5) is 20.4. The van der Waals surface area contributed by atoms with Crippen LogP contribution in [-0.4, -0.2) is 53.8 Å². The van der Waals surface area contributed by atoms with Gasteiger partial charge in [-0.05, 0) is 36.2 Å². The number of aromatic amines is 1. The Labute approximate surface area is 194 Å². The molecule has 3 heterocycles. The first-order valence-corrected chi connectivity index (χ1v) is 13.3. The summed E-state index contributed by atoms with van der Waals surface area (Å²) in [6, 6.07) is 12.9. The fourth-order valence-corrected chi connectivity index (χ4v) is 7.88. The van der Waals surface area contributed by atoms with Crippen LogP contribution in [-0.2, 0) is 16.3 Å². The fraction of sp³-hybridized carbons (Fsp3) is 0.273. The van der Waals surface area contributed by atoms with E-state index in [1.165, 1.54) is 11.8 Å². The molecule has 1 aromatic heterocycles. The van der Waals surface area contributed by atoms with Crippen LogP contribution >= 0.6 is 23.4 Å². The number of halogens is 1. The van der Waals surface area contributed by atoms with Crippen LogP contribution in [0.5, 0.6) is 0 Å². The van der Waals surface area contributed by atoms with Crippen molar-refractivity contribution >= 4 is 60.9 Å². The van der Waals surface area contributed by atoms with Crippen molar-refractivity contribution < 1.29 is 13.2 Å². The van der Waals surface area contributed by atoms with Crippen molar-refractivity contribution in [1.29, 1.82) is 0 Å². The molecule has 1 saturated heterocycles. The Morgan fingerprint density at radius 3 is 2.91 bits per heavy atom. The van der Waals surface area contributed by atoms with Gasteiger partial charge in [0.15, 0.2) is 15.0 Å². The number of nitrogens with zero attached hydrogens (tertiary/aromatic N) is 1. The first kappa shape index (κ1) is 21.4. The number of thioether (sulfide) groups is 1. The molecule has 0 radical (unpaired) electrons. The number of aromatic nitrogens is 1. The molecule has 2 unspecified atom stereocenters. The van der Waals surface area contributed by atoms with Gasteiger partial charge in [0.1, 0.15) is 0 Å². The second-order valence-electron chi connectivity index (χ2n) is 7.92. The maximum atomic E-state index is 12.7. The van der Waals surface area contributed by atoms with Crippen molar-refractivity contribution in [3.05, 3.63) is 64.8 Å². The maximum absolute atomic E-state index is 12.7. The van der Waals surface area contributed by atoms with Crippen molar-refractivity contribution in [2.24, 2.45) is 4.99 Å². The average molecular weight is 489 g/mol. The number of sulfone groups is 1. The van der Waals surface area contributed by atoms with E-state index >= 15 is 0 Å². The topological polar surface area (TPSA) is 103 Å². The minimum absolute atomic E-state index is 0.0581. The van der Waals surface area contributed by atoms with Crippen molar-refractivity contribution in [1.82, 2.24) is 10.3 Å². The highest BCUT2D eigenvalue weighted by molar-refractivity contribution is 8.15. The van der Waals surface area contributed by atoms with Gasteiger partial charge < -0.3 is 15.6 Å². The summed E-state index contributed by atoms with van der Waals surface area (Å²) in [6.45, 7) is 0.506. The molecular weight excluding hydrogens is 468 g/mol. The minimum Gasteiger partial charge on any atom is -0.361 e. The second-order valence-corrected chi connectivity index (χ2v) is 11.7. The van der Waals surface area contributed by atoms with E-state index in [4.69, 9.17) is 11.6 Å². The smallest absolute Gasteiger partial charge is 0.251 e. The summed E-state index contributed by atoms with van der Waals surface area (Å²) in [6.07, 6.45) is 2.69. The Balaban J connectivity index is 1.22. The lowest BCUT2D eigenvalue weighted by Crippen LogP contribution is -2.25. The number of carbonyl (C=O) groups is 1. The molecule has 3 aromatic rings. The molecule has 2 aliphatic heterocycles. The lowest BCUT2D eigenvalue weighted by molar-refractivity contribution is 0.0954.